The summed E-state index contributed by atoms with van der Waals surface area (Å²) >= 11 is 0. The van der Waals surface area contributed by atoms with E-state index in [1.54, 1.807) is 0 Å². The third-order valence-corrected chi connectivity index (χ3v) is 6.56. The average Bonchev–Trinajstić information content (AvgIpc) is 3.24. The molecule has 0 saturated carbocycles. The van der Waals surface area contributed by atoms with Crippen molar-refractivity contribution in [2.24, 2.45) is 5.92 Å². The highest BCUT2D eigenvalue weighted by molar-refractivity contribution is 5.96. The van der Waals surface area contributed by atoms with Crippen molar-refractivity contribution >= 4 is 35.0 Å². The molecular weight excluding hydrogens is 490 g/mol. The lowest BCUT2D eigenvalue weighted by molar-refractivity contribution is -0.137. The second-order valence-corrected chi connectivity index (χ2v) is 10.3. The van der Waals surface area contributed by atoms with Crippen molar-refractivity contribution < 1.29 is 24.5 Å². The van der Waals surface area contributed by atoms with Crippen LogP contribution < -0.4 is 4.74 Å². The summed E-state index contributed by atoms with van der Waals surface area (Å²) in [5, 5.41) is 19.3. The van der Waals surface area contributed by atoms with Gasteiger partial charge in [-0.3, -0.25) is 9.59 Å². The molecule has 0 unspecified atom stereocenters. The molecule has 0 aliphatic rings. The molecule has 2 N–H and O–H groups in total. The number of nitrogens with zero attached hydrogens (tertiary/aromatic N) is 1. The Morgan fingerprint density at radius 1 is 0.897 bits per heavy atom. The Bertz CT molecular complexity index is 1450. The second kappa shape index (κ2) is 13.0. The molecule has 0 atom stereocenters. The first kappa shape index (κ1) is 27.7. The van der Waals surface area contributed by atoms with E-state index < -0.39 is 11.9 Å². The molecular formula is C33H35NO5. The van der Waals surface area contributed by atoms with Crippen molar-refractivity contribution in [2.45, 2.75) is 52.7 Å². The maximum Gasteiger partial charge on any atom is 0.307 e. The minimum Gasteiger partial charge on any atom is -0.489 e. The summed E-state index contributed by atoms with van der Waals surface area (Å²) in [5.41, 5.74) is 6.01. The first-order valence-corrected chi connectivity index (χ1v) is 13.3. The number of benzene rings is 3. The van der Waals surface area contributed by atoms with Gasteiger partial charge in [0.15, 0.2) is 0 Å². The molecule has 6 nitrogen and oxygen atoms in total. The number of hydrogen-bond acceptors (Lipinski definition) is 3. The Morgan fingerprint density at radius 2 is 1.62 bits per heavy atom. The highest BCUT2D eigenvalue weighted by Gasteiger charge is 2.14. The minimum atomic E-state index is -0.902. The molecule has 0 aliphatic carbocycles. The lowest BCUT2D eigenvalue weighted by Gasteiger charge is -2.09. The molecule has 39 heavy (non-hydrogen) atoms. The standard InChI is InChI=1S/C33H35NO5/c1-23(2)19-25-8-10-26(11-9-25)22-39-29-16-13-24(14-17-29)12-15-27-5-3-6-30-33(27)28(20-32(37)38)21-34(30)18-4-7-31(35)36/h3,5-6,8-17,21,23H,4,7,18-20,22H2,1-2H3,(H,35,36)(H,37,38)/b15-12+. The van der Waals surface area contributed by atoms with E-state index in [2.05, 4.69) is 38.1 Å². The number of aliphatic carboxylic acids is 2. The quantitative estimate of drug-likeness (QED) is 0.182. The van der Waals surface area contributed by atoms with Crippen molar-refractivity contribution in [1.82, 2.24) is 4.57 Å². The van der Waals surface area contributed by atoms with Crippen LogP contribution in [0.2, 0.25) is 0 Å². The van der Waals surface area contributed by atoms with Gasteiger partial charge in [0, 0.05) is 30.1 Å². The summed E-state index contributed by atoms with van der Waals surface area (Å²) in [6, 6.07) is 22.3. The van der Waals surface area contributed by atoms with Crippen LogP contribution in [0.25, 0.3) is 23.1 Å². The molecule has 3 aromatic carbocycles. The molecule has 0 spiro atoms. The van der Waals surface area contributed by atoms with Crippen LogP contribution in [0, 0.1) is 5.92 Å². The molecule has 4 aromatic rings. The Labute approximate surface area is 229 Å². The molecule has 1 heterocycles. The van der Waals surface area contributed by atoms with Gasteiger partial charge in [0.25, 0.3) is 0 Å². The van der Waals surface area contributed by atoms with Crippen LogP contribution in [-0.2, 0) is 35.6 Å². The maximum absolute atomic E-state index is 11.5. The second-order valence-electron chi connectivity index (χ2n) is 10.3. The molecule has 0 aliphatic heterocycles. The summed E-state index contributed by atoms with van der Waals surface area (Å²) in [4.78, 5) is 22.5. The molecule has 0 bridgehead atoms. The van der Waals surface area contributed by atoms with E-state index in [0.29, 0.717) is 31.1 Å². The van der Waals surface area contributed by atoms with E-state index in [-0.39, 0.29) is 12.8 Å². The molecule has 4 rings (SSSR count). The first-order chi connectivity index (χ1) is 18.8. The number of rotatable bonds is 13. The number of aryl methyl sites for hydroxylation is 1. The van der Waals surface area contributed by atoms with Gasteiger partial charge in [-0.25, -0.2) is 0 Å². The number of fused-ring (bicyclic) bond motifs is 1. The molecule has 0 saturated heterocycles. The van der Waals surface area contributed by atoms with Gasteiger partial charge in [-0.15, -0.1) is 0 Å². The Morgan fingerprint density at radius 3 is 2.28 bits per heavy atom. The fourth-order valence-corrected chi connectivity index (χ4v) is 4.76. The van der Waals surface area contributed by atoms with Gasteiger partial charge in [0.1, 0.15) is 12.4 Å². The predicted molar refractivity (Wildman–Crippen MR) is 155 cm³/mol. The SMILES string of the molecule is CC(C)Cc1ccc(COc2ccc(/C=C/c3cccc4c3c(CC(=O)O)cn4CCCC(=O)O)cc2)cc1. The van der Waals surface area contributed by atoms with Crippen LogP contribution >= 0.6 is 0 Å². The summed E-state index contributed by atoms with van der Waals surface area (Å²) in [7, 11) is 0. The summed E-state index contributed by atoms with van der Waals surface area (Å²) in [6.45, 7) is 5.46. The van der Waals surface area contributed by atoms with Crippen LogP contribution in [0.4, 0.5) is 0 Å². The number of ether oxygens (including phenoxy) is 1. The normalized spacial score (nSPS) is 11.5. The number of carboxylic acids is 2. The first-order valence-electron chi connectivity index (χ1n) is 13.3. The maximum atomic E-state index is 11.5. The largest absolute Gasteiger partial charge is 0.489 e. The van der Waals surface area contributed by atoms with Crippen molar-refractivity contribution in [3.8, 4) is 5.75 Å². The van der Waals surface area contributed by atoms with Crippen molar-refractivity contribution in [2.75, 3.05) is 0 Å². The van der Waals surface area contributed by atoms with Gasteiger partial charge in [0.05, 0.1) is 6.42 Å². The van der Waals surface area contributed by atoms with Gasteiger partial charge in [-0.2, -0.15) is 0 Å². The van der Waals surface area contributed by atoms with Crippen molar-refractivity contribution in [3.63, 3.8) is 0 Å². The predicted octanol–water partition coefficient (Wildman–Crippen LogP) is 7.08. The number of carbonyl (C=O) groups is 2. The third kappa shape index (κ3) is 7.84. The zero-order valence-electron chi connectivity index (χ0n) is 22.5. The van der Waals surface area contributed by atoms with E-state index in [4.69, 9.17) is 9.84 Å². The zero-order valence-corrected chi connectivity index (χ0v) is 22.5. The van der Waals surface area contributed by atoms with E-state index >= 15 is 0 Å². The Hall–Kier alpha value is -4.32. The summed E-state index contributed by atoms with van der Waals surface area (Å²) in [6.07, 6.45) is 7.34. The van der Waals surface area contributed by atoms with Crippen LogP contribution in [-0.4, -0.2) is 26.7 Å². The van der Waals surface area contributed by atoms with Gasteiger partial charge in [0.2, 0.25) is 0 Å². The van der Waals surface area contributed by atoms with Crippen molar-refractivity contribution in [3.05, 3.63) is 101 Å². The highest BCUT2D eigenvalue weighted by atomic mass is 16.5. The molecule has 0 radical (unpaired) electrons. The molecule has 202 valence electrons. The number of aromatic nitrogens is 1. The lowest BCUT2D eigenvalue weighted by Crippen LogP contribution is -2.01. The smallest absolute Gasteiger partial charge is 0.307 e. The van der Waals surface area contributed by atoms with Crippen LogP contribution in [0.3, 0.4) is 0 Å². The molecule has 0 fully saturated rings. The third-order valence-electron chi connectivity index (χ3n) is 6.56. The minimum absolute atomic E-state index is 0.0673. The van der Waals surface area contributed by atoms with E-state index in [9.17, 15) is 14.7 Å². The topological polar surface area (TPSA) is 88.8 Å². The van der Waals surface area contributed by atoms with Crippen LogP contribution in [0.15, 0.2) is 72.9 Å². The highest BCUT2D eigenvalue weighted by Crippen LogP contribution is 2.28. The summed E-state index contributed by atoms with van der Waals surface area (Å²) < 4.78 is 7.93. The van der Waals surface area contributed by atoms with E-state index in [1.807, 2.05) is 65.4 Å². The Balaban J connectivity index is 1.46. The molecule has 6 heteroatoms. The molecule has 1 aromatic heterocycles. The molecule has 0 amide bonds. The van der Waals surface area contributed by atoms with Crippen molar-refractivity contribution in [1.29, 1.82) is 0 Å². The van der Waals surface area contributed by atoms with Gasteiger partial charge >= 0.3 is 11.9 Å². The van der Waals surface area contributed by atoms with Crippen LogP contribution in [0.5, 0.6) is 5.75 Å². The monoisotopic (exact) mass is 525 g/mol. The zero-order chi connectivity index (χ0) is 27.8. The number of hydrogen-bond donors (Lipinski definition) is 2. The number of carboxylic acid groups (broad SMARTS) is 2. The Kier molecular flexibility index (Phi) is 9.21. The van der Waals surface area contributed by atoms with Gasteiger partial charge in [-0.1, -0.05) is 74.5 Å². The van der Waals surface area contributed by atoms with Gasteiger partial charge < -0.3 is 19.5 Å². The van der Waals surface area contributed by atoms with E-state index in [1.165, 1.54) is 5.56 Å². The average molecular weight is 526 g/mol. The summed E-state index contributed by atoms with van der Waals surface area (Å²) in [5.74, 6) is -0.313. The van der Waals surface area contributed by atoms with E-state index in [0.717, 1.165) is 39.8 Å². The van der Waals surface area contributed by atoms with Gasteiger partial charge in [-0.05, 0) is 64.8 Å². The van der Waals surface area contributed by atoms with Crippen LogP contribution in [0.1, 0.15) is 54.5 Å². The fourth-order valence-electron chi connectivity index (χ4n) is 4.76. The lowest BCUT2D eigenvalue weighted by atomic mass is 10.0. The fraction of sp³-hybridized carbons (Fsp3) is 0.273.